The highest BCUT2D eigenvalue weighted by Crippen LogP contribution is 2.62. The Morgan fingerprint density at radius 3 is 2.71 bits per heavy atom. The van der Waals surface area contributed by atoms with Crippen molar-refractivity contribution in [3.05, 3.63) is 22.8 Å². The van der Waals surface area contributed by atoms with E-state index in [9.17, 15) is 9.90 Å². The van der Waals surface area contributed by atoms with Gasteiger partial charge >= 0.3 is 0 Å². The molecule has 4 atom stereocenters. The summed E-state index contributed by atoms with van der Waals surface area (Å²) in [6.45, 7) is 4.67. The lowest BCUT2D eigenvalue weighted by molar-refractivity contribution is -0.115. The second kappa shape index (κ2) is 4.32. The summed E-state index contributed by atoms with van der Waals surface area (Å²) < 4.78 is 0. The van der Waals surface area contributed by atoms with E-state index in [2.05, 4.69) is 13.8 Å². The molecule has 114 valence electrons. The Bertz CT molecular complexity index is 570. The van der Waals surface area contributed by atoms with Crippen LogP contribution in [-0.2, 0) is 4.79 Å². The minimum atomic E-state index is -0.116. The average molecular weight is 286 g/mol. The number of aliphatic hydroxyl groups excluding tert-OH is 1. The Kier molecular flexibility index (Phi) is 2.83. The van der Waals surface area contributed by atoms with E-state index in [0.717, 1.165) is 44.9 Å². The smallest absolute Gasteiger partial charge is 0.155 e. The first-order valence-electron chi connectivity index (χ1n) is 8.59. The fourth-order valence-corrected chi connectivity index (χ4v) is 5.77. The fraction of sp³-hybridized carbons (Fsp3) is 0.737. The Morgan fingerprint density at radius 2 is 1.90 bits per heavy atom. The van der Waals surface area contributed by atoms with E-state index in [-0.39, 0.29) is 16.9 Å². The lowest BCUT2D eigenvalue weighted by atomic mass is 9.54. The molecule has 0 spiro atoms. The monoisotopic (exact) mass is 286 g/mol. The zero-order chi connectivity index (χ0) is 14.8. The van der Waals surface area contributed by atoms with Gasteiger partial charge in [0, 0.05) is 17.3 Å². The van der Waals surface area contributed by atoms with Crippen LogP contribution in [0.4, 0.5) is 0 Å². The predicted molar refractivity (Wildman–Crippen MR) is 82.8 cm³/mol. The zero-order valence-electron chi connectivity index (χ0n) is 13.2. The van der Waals surface area contributed by atoms with Gasteiger partial charge in [0.2, 0.25) is 0 Å². The minimum absolute atomic E-state index is 0.112. The summed E-state index contributed by atoms with van der Waals surface area (Å²) in [7, 11) is 0. The van der Waals surface area contributed by atoms with Gasteiger partial charge in [-0.2, -0.15) is 0 Å². The Balaban J connectivity index is 1.80. The van der Waals surface area contributed by atoms with E-state index in [1.54, 1.807) is 11.1 Å². The van der Waals surface area contributed by atoms with Crippen LogP contribution in [0.15, 0.2) is 22.8 Å². The van der Waals surface area contributed by atoms with Crippen molar-refractivity contribution in [1.82, 2.24) is 0 Å². The van der Waals surface area contributed by atoms with Crippen molar-refractivity contribution in [2.24, 2.45) is 16.7 Å². The van der Waals surface area contributed by atoms with Crippen LogP contribution in [0.2, 0.25) is 0 Å². The summed E-state index contributed by atoms with van der Waals surface area (Å²) in [5.41, 5.74) is 4.95. The number of fused-ring (bicyclic) bond motifs is 4. The molecule has 4 rings (SSSR count). The third-order valence-electron chi connectivity index (χ3n) is 7.25. The van der Waals surface area contributed by atoms with Crippen molar-refractivity contribution >= 4 is 5.78 Å². The number of aliphatic hydroxyl groups is 1. The zero-order valence-corrected chi connectivity index (χ0v) is 13.2. The molecule has 0 radical (unpaired) electrons. The molecule has 0 heterocycles. The summed E-state index contributed by atoms with van der Waals surface area (Å²) in [6.07, 6.45) is 10.1. The molecule has 1 saturated carbocycles. The second-order valence-electron chi connectivity index (χ2n) is 8.12. The number of allylic oxidation sites excluding steroid dienone is 4. The van der Waals surface area contributed by atoms with E-state index in [1.807, 2.05) is 6.08 Å². The highest BCUT2D eigenvalue weighted by Gasteiger charge is 2.53. The number of carbonyl (C=O) groups is 1. The summed E-state index contributed by atoms with van der Waals surface area (Å²) >= 11 is 0. The number of hydrogen-bond donors (Lipinski definition) is 1. The van der Waals surface area contributed by atoms with Crippen molar-refractivity contribution in [3.8, 4) is 0 Å². The molecule has 0 aromatic rings. The van der Waals surface area contributed by atoms with Gasteiger partial charge < -0.3 is 5.11 Å². The van der Waals surface area contributed by atoms with Crippen molar-refractivity contribution < 1.29 is 9.90 Å². The van der Waals surface area contributed by atoms with Crippen LogP contribution in [0.25, 0.3) is 0 Å². The number of rotatable bonds is 0. The fourth-order valence-electron chi connectivity index (χ4n) is 5.77. The molecule has 1 N–H and O–H groups in total. The molecular weight excluding hydrogens is 260 g/mol. The Labute approximate surface area is 127 Å². The lowest BCUT2D eigenvalue weighted by Crippen LogP contribution is -2.41. The standard InChI is InChI=1S/C19H26O2/c1-18-9-7-13(20)11-12(18)3-4-14-15-5-6-17(21)19(15,2)10-8-16(14)18/h11,15,17,21H,3-10H2,1-2H3/t15-,17-,18-,19-/m0/s1. The van der Waals surface area contributed by atoms with Gasteiger partial charge in [-0.05, 0) is 56.9 Å². The van der Waals surface area contributed by atoms with Crippen LogP contribution in [0, 0.1) is 16.7 Å². The van der Waals surface area contributed by atoms with Crippen molar-refractivity contribution in [3.63, 3.8) is 0 Å². The summed E-state index contributed by atoms with van der Waals surface area (Å²) in [5.74, 6) is 0.913. The second-order valence-corrected chi connectivity index (χ2v) is 8.12. The summed E-state index contributed by atoms with van der Waals surface area (Å²) in [4.78, 5) is 11.8. The van der Waals surface area contributed by atoms with Crippen molar-refractivity contribution in [2.75, 3.05) is 0 Å². The van der Waals surface area contributed by atoms with E-state index >= 15 is 0 Å². The van der Waals surface area contributed by atoms with Gasteiger partial charge in [0.05, 0.1) is 6.10 Å². The third-order valence-corrected chi connectivity index (χ3v) is 7.25. The Morgan fingerprint density at radius 1 is 1.10 bits per heavy atom. The van der Waals surface area contributed by atoms with E-state index in [1.165, 1.54) is 5.57 Å². The highest BCUT2D eigenvalue weighted by molar-refractivity contribution is 5.92. The minimum Gasteiger partial charge on any atom is -0.393 e. The normalized spacial score (nSPS) is 45.9. The van der Waals surface area contributed by atoms with Gasteiger partial charge in [0.1, 0.15) is 0 Å². The van der Waals surface area contributed by atoms with Crippen LogP contribution in [0.5, 0.6) is 0 Å². The van der Waals surface area contributed by atoms with Crippen molar-refractivity contribution in [2.45, 2.75) is 71.3 Å². The molecule has 0 amide bonds. The summed E-state index contributed by atoms with van der Waals surface area (Å²) in [6, 6.07) is 0. The number of ketones is 1. The first kappa shape index (κ1) is 13.8. The molecule has 0 aromatic heterocycles. The van der Waals surface area contributed by atoms with E-state index < -0.39 is 0 Å². The highest BCUT2D eigenvalue weighted by atomic mass is 16.3. The molecule has 0 aliphatic heterocycles. The van der Waals surface area contributed by atoms with Crippen LogP contribution in [-0.4, -0.2) is 17.0 Å². The number of carbonyl (C=O) groups excluding carboxylic acids is 1. The van der Waals surface area contributed by atoms with Crippen molar-refractivity contribution in [1.29, 1.82) is 0 Å². The molecule has 0 saturated heterocycles. The molecule has 0 unspecified atom stereocenters. The molecule has 0 aromatic carbocycles. The van der Waals surface area contributed by atoms with Gasteiger partial charge in [0.25, 0.3) is 0 Å². The average Bonchev–Trinajstić information content (AvgIpc) is 2.76. The maximum atomic E-state index is 11.8. The Hall–Kier alpha value is -0.890. The molecule has 2 heteroatoms. The first-order valence-corrected chi connectivity index (χ1v) is 8.59. The van der Waals surface area contributed by atoms with E-state index in [0.29, 0.717) is 18.1 Å². The van der Waals surface area contributed by atoms with Gasteiger partial charge in [-0.15, -0.1) is 0 Å². The molecule has 21 heavy (non-hydrogen) atoms. The topological polar surface area (TPSA) is 37.3 Å². The SMILES string of the molecule is C[C@]12CCC(=O)C=C1CCC1=C2CC[C@]2(C)[C@@H](O)CC[C@@H]12. The number of hydrogen-bond acceptors (Lipinski definition) is 2. The van der Waals surface area contributed by atoms with Crippen LogP contribution in [0.3, 0.4) is 0 Å². The largest absolute Gasteiger partial charge is 0.393 e. The first-order chi connectivity index (χ1) is 9.95. The van der Waals surface area contributed by atoms with E-state index in [4.69, 9.17) is 0 Å². The van der Waals surface area contributed by atoms with Crippen LogP contribution < -0.4 is 0 Å². The molecule has 0 bridgehead atoms. The van der Waals surface area contributed by atoms with Gasteiger partial charge in [-0.25, -0.2) is 0 Å². The van der Waals surface area contributed by atoms with Crippen LogP contribution >= 0.6 is 0 Å². The molecule has 1 fully saturated rings. The maximum absolute atomic E-state index is 11.8. The van der Waals surface area contributed by atoms with Gasteiger partial charge in [0.15, 0.2) is 5.78 Å². The molecule has 4 aliphatic rings. The molecule has 4 aliphatic carbocycles. The molecule has 2 nitrogen and oxygen atoms in total. The predicted octanol–water partition coefficient (Wildman–Crippen LogP) is 3.94. The van der Waals surface area contributed by atoms with Gasteiger partial charge in [-0.1, -0.05) is 30.6 Å². The third kappa shape index (κ3) is 1.72. The maximum Gasteiger partial charge on any atom is 0.155 e. The lowest BCUT2D eigenvalue weighted by Gasteiger charge is -2.50. The quantitative estimate of drug-likeness (QED) is 0.685. The van der Waals surface area contributed by atoms with Gasteiger partial charge in [-0.3, -0.25) is 4.79 Å². The molecular formula is C19H26O2. The van der Waals surface area contributed by atoms with Crippen LogP contribution in [0.1, 0.15) is 65.2 Å². The summed E-state index contributed by atoms with van der Waals surface area (Å²) in [5, 5.41) is 10.4.